The van der Waals surface area contributed by atoms with E-state index in [2.05, 4.69) is 123 Å². The fraction of sp³-hybridized carbons (Fsp3) is 0.0857. The van der Waals surface area contributed by atoms with E-state index in [9.17, 15) is 0 Å². The molecule has 0 radical (unpaired) electrons. The summed E-state index contributed by atoms with van der Waals surface area (Å²) in [4.78, 5) is 0. The molecule has 6 aromatic carbocycles. The number of rotatable bonds is 1. The molecular formula is C35H24O. The molecule has 1 aliphatic heterocycles. The summed E-state index contributed by atoms with van der Waals surface area (Å²) < 4.78 is 6.33. The molecule has 0 amide bonds. The number of benzene rings is 6. The average molecular weight is 461 g/mol. The van der Waals surface area contributed by atoms with Gasteiger partial charge < -0.3 is 4.74 Å². The fourth-order valence-electron chi connectivity index (χ4n) is 6.34. The zero-order chi connectivity index (χ0) is 24.0. The Labute approximate surface area is 210 Å². The lowest BCUT2D eigenvalue weighted by Crippen LogP contribution is -2.15. The minimum atomic E-state index is -0.0490. The molecule has 36 heavy (non-hydrogen) atoms. The highest BCUT2D eigenvalue weighted by molar-refractivity contribution is 6.04. The molecule has 6 aromatic rings. The second kappa shape index (κ2) is 6.86. The summed E-state index contributed by atoms with van der Waals surface area (Å²) in [6, 6.07) is 39.8. The van der Waals surface area contributed by atoms with Crippen molar-refractivity contribution in [2.45, 2.75) is 19.3 Å². The van der Waals surface area contributed by atoms with Crippen LogP contribution in [0.5, 0.6) is 11.5 Å². The molecule has 1 nitrogen and oxygen atoms in total. The largest absolute Gasteiger partial charge is 0.456 e. The highest BCUT2D eigenvalue weighted by atomic mass is 16.5. The molecule has 8 rings (SSSR count). The van der Waals surface area contributed by atoms with Crippen LogP contribution in [-0.4, -0.2) is 0 Å². The molecule has 0 fully saturated rings. The maximum Gasteiger partial charge on any atom is 0.135 e. The second-order valence-corrected chi connectivity index (χ2v) is 10.6. The van der Waals surface area contributed by atoms with E-state index >= 15 is 0 Å². The van der Waals surface area contributed by atoms with Crippen LogP contribution in [0.1, 0.15) is 25.0 Å². The lowest BCUT2D eigenvalue weighted by molar-refractivity contribution is 0.487. The molecule has 1 heteroatoms. The van der Waals surface area contributed by atoms with E-state index in [1.165, 1.54) is 60.5 Å². The van der Waals surface area contributed by atoms with Crippen LogP contribution >= 0.6 is 0 Å². The molecule has 1 heterocycles. The van der Waals surface area contributed by atoms with Crippen molar-refractivity contribution in [3.63, 3.8) is 0 Å². The van der Waals surface area contributed by atoms with Crippen LogP contribution in [0, 0.1) is 0 Å². The van der Waals surface area contributed by atoms with Crippen LogP contribution in [0.4, 0.5) is 0 Å². The first-order valence-electron chi connectivity index (χ1n) is 12.6. The van der Waals surface area contributed by atoms with Crippen molar-refractivity contribution in [1.29, 1.82) is 0 Å². The van der Waals surface area contributed by atoms with Crippen molar-refractivity contribution in [2.24, 2.45) is 0 Å². The van der Waals surface area contributed by atoms with E-state index < -0.39 is 0 Å². The van der Waals surface area contributed by atoms with Gasteiger partial charge in [0.1, 0.15) is 11.5 Å². The van der Waals surface area contributed by atoms with Crippen molar-refractivity contribution in [1.82, 2.24) is 0 Å². The smallest absolute Gasteiger partial charge is 0.135 e. The number of hydrogen-bond acceptors (Lipinski definition) is 1. The van der Waals surface area contributed by atoms with Gasteiger partial charge in [-0.3, -0.25) is 0 Å². The molecule has 0 saturated heterocycles. The van der Waals surface area contributed by atoms with E-state index in [0.29, 0.717) is 0 Å². The quantitative estimate of drug-likeness (QED) is 0.237. The molecule has 0 atom stereocenters. The van der Waals surface area contributed by atoms with Gasteiger partial charge in [0.25, 0.3) is 0 Å². The zero-order valence-corrected chi connectivity index (χ0v) is 20.3. The van der Waals surface area contributed by atoms with Crippen molar-refractivity contribution in [3.05, 3.63) is 120 Å². The Bertz CT molecular complexity index is 1880. The second-order valence-electron chi connectivity index (χ2n) is 10.6. The molecule has 2 aliphatic rings. The topological polar surface area (TPSA) is 9.23 Å². The molecular weight excluding hydrogens is 436 g/mol. The monoisotopic (exact) mass is 460 g/mol. The summed E-state index contributed by atoms with van der Waals surface area (Å²) in [6.07, 6.45) is 0. The van der Waals surface area contributed by atoms with E-state index in [1.54, 1.807) is 0 Å². The maximum absolute atomic E-state index is 6.33. The van der Waals surface area contributed by atoms with Gasteiger partial charge in [-0.25, -0.2) is 0 Å². The first kappa shape index (κ1) is 19.9. The lowest BCUT2D eigenvalue weighted by Gasteiger charge is -2.23. The Balaban J connectivity index is 1.29. The molecule has 0 bridgehead atoms. The van der Waals surface area contributed by atoms with Gasteiger partial charge in [-0.1, -0.05) is 86.6 Å². The summed E-state index contributed by atoms with van der Waals surface area (Å²) in [7, 11) is 0. The zero-order valence-electron chi connectivity index (χ0n) is 20.3. The first-order chi connectivity index (χ1) is 17.6. The molecule has 0 spiro atoms. The third-order valence-corrected chi connectivity index (χ3v) is 8.23. The van der Waals surface area contributed by atoms with Gasteiger partial charge in [0.05, 0.1) is 0 Å². The van der Waals surface area contributed by atoms with Crippen molar-refractivity contribution in [3.8, 4) is 44.9 Å². The van der Waals surface area contributed by atoms with Crippen LogP contribution in [0.2, 0.25) is 0 Å². The Morgan fingerprint density at radius 3 is 2.03 bits per heavy atom. The molecule has 0 N–H and O–H groups in total. The van der Waals surface area contributed by atoms with Crippen LogP contribution in [0.3, 0.4) is 0 Å². The molecule has 0 unspecified atom stereocenters. The number of hydrogen-bond donors (Lipinski definition) is 0. The van der Waals surface area contributed by atoms with E-state index in [4.69, 9.17) is 4.74 Å². The predicted octanol–water partition coefficient (Wildman–Crippen LogP) is 9.74. The van der Waals surface area contributed by atoms with Gasteiger partial charge in [0.2, 0.25) is 0 Å². The average Bonchev–Trinajstić information content (AvgIpc) is 3.13. The molecule has 1 aliphatic carbocycles. The predicted molar refractivity (Wildman–Crippen MR) is 150 cm³/mol. The van der Waals surface area contributed by atoms with Crippen LogP contribution in [0.15, 0.2) is 109 Å². The normalized spacial score (nSPS) is 14.3. The SMILES string of the molecule is CC1(C)c2cc(-c3ccc4c(c3)-c3cccc5cccc(c35)O4)ccc2-c2cc3ccccc3cc21. The van der Waals surface area contributed by atoms with Crippen molar-refractivity contribution in [2.75, 3.05) is 0 Å². The minimum absolute atomic E-state index is 0.0490. The summed E-state index contributed by atoms with van der Waals surface area (Å²) in [5.41, 5.74) is 10.3. The molecule has 0 aromatic heterocycles. The Morgan fingerprint density at radius 1 is 0.472 bits per heavy atom. The number of fused-ring (bicyclic) bond motifs is 6. The van der Waals surface area contributed by atoms with Gasteiger partial charge in [0, 0.05) is 16.4 Å². The molecule has 170 valence electrons. The Morgan fingerprint density at radius 2 is 1.17 bits per heavy atom. The van der Waals surface area contributed by atoms with Gasteiger partial charge in [-0.05, 0) is 91.5 Å². The summed E-state index contributed by atoms with van der Waals surface area (Å²) in [5.74, 6) is 1.86. The number of ether oxygens (including phenoxy) is 1. The summed E-state index contributed by atoms with van der Waals surface area (Å²) in [5, 5.41) is 5.02. The highest BCUT2D eigenvalue weighted by Crippen LogP contribution is 2.52. The van der Waals surface area contributed by atoms with Crippen LogP contribution in [-0.2, 0) is 5.41 Å². The maximum atomic E-state index is 6.33. The van der Waals surface area contributed by atoms with Gasteiger partial charge in [-0.15, -0.1) is 0 Å². The van der Waals surface area contributed by atoms with Gasteiger partial charge >= 0.3 is 0 Å². The van der Waals surface area contributed by atoms with Gasteiger partial charge in [-0.2, -0.15) is 0 Å². The molecule has 0 saturated carbocycles. The van der Waals surface area contributed by atoms with Gasteiger partial charge in [0.15, 0.2) is 0 Å². The lowest BCUT2D eigenvalue weighted by atomic mass is 9.81. The fourth-order valence-corrected chi connectivity index (χ4v) is 6.34. The van der Waals surface area contributed by atoms with Crippen LogP contribution < -0.4 is 4.74 Å². The van der Waals surface area contributed by atoms with E-state index in [-0.39, 0.29) is 5.41 Å². The minimum Gasteiger partial charge on any atom is -0.456 e. The summed E-state index contributed by atoms with van der Waals surface area (Å²) in [6.45, 7) is 4.71. The Hall–Kier alpha value is -4.36. The Kier molecular flexibility index (Phi) is 3.79. The standard InChI is InChI=1S/C35H24O/c1-35(2)30-20-25(13-15-26(30)28-17-22-7-3-4-8-23(22)19-31(28)35)24-14-16-32-29(18-24)27-11-5-9-21-10-6-12-33(36-32)34(21)27/h3-20H,1-2H3. The van der Waals surface area contributed by atoms with E-state index in [1.807, 2.05) is 0 Å². The van der Waals surface area contributed by atoms with Crippen LogP contribution in [0.25, 0.3) is 54.9 Å². The third kappa shape index (κ3) is 2.60. The first-order valence-corrected chi connectivity index (χ1v) is 12.6. The third-order valence-electron chi connectivity index (χ3n) is 8.23. The van der Waals surface area contributed by atoms with Crippen molar-refractivity contribution >= 4 is 21.5 Å². The highest BCUT2D eigenvalue weighted by Gasteiger charge is 2.36. The van der Waals surface area contributed by atoms with Crippen molar-refractivity contribution < 1.29 is 4.74 Å². The summed E-state index contributed by atoms with van der Waals surface area (Å²) >= 11 is 0. The van der Waals surface area contributed by atoms with E-state index in [0.717, 1.165) is 17.1 Å².